The molecule has 1 saturated heterocycles. The topological polar surface area (TPSA) is 62.7 Å². The van der Waals surface area contributed by atoms with Crippen molar-refractivity contribution in [2.24, 2.45) is 0 Å². The van der Waals surface area contributed by atoms with Crippen LogP contribution in [0.25, 0.3) is 0 Å². The highest BCUT2D eigenvalue weighted by Crippen LogP contribution is 2.19. The van der Waals surface area contributed by atoms with Crippen LogP contribution in [0.5, 0.6) is 5.75 Å². The average molecular weight is 388 g/mol. The molecule has 1 fully saturated rings. The van der Waals surface area contributed by atoms with Gasteiger partial charge in [0.15, 0.2) is 0 Å². The van der Waals surface area contributed by atoms with Crippen molar-refractivity contribution in [2.75, 3.05) is 32.8 Å². The van der Waals surface area contributed by atoms with Gasteiger partial charge in [0, 0.05) is 31.1 Å². The fourth-order valence-electron chi connectivity index (χ4n) is 3.12. The number of aryl methyl sites for hydroxylation is 2. The van der Waals surface area contributed by atoms with Crippen molar-refractivity contribution < 1.29 is 14.3 Å². The molecule has 144 valence electrons. The largest absolute Gasteiger partial charge is 0.493 e. The third kappa shape index (κ3) is 5.29. The maximum atomic E-state index is 12.5. The quantitative estimate of drug-likeness (QED) is 0.764. The summed E-state index contributed by atoms with van der Waals surface area (Å²) in [6.45, 7) is 6.60. The van der Waals surface area contributed by atoms with Crippen molar-refractivity contribution >= 4 is 23.2 Å². The first-order valence-electron chi connectivity index (χ1n) is 9.19. The monoisotopic (exact) mass is 387 g/mol. The maximum absolute atomic E-state index is 12.5. The number of carbonyl (C=O) groups is 2. The Morgan fingerprint density at radius 2 is 1.67 bits per heavy atom. The number of aromatic nitrogens is 1. The summed E-state index contributed by atoms with van der Waals surface area (Å²) >= 11 is 1.58. The molecular weight excluding hydrogens is 362 g/mol. The van der Waals surface area contributed by atoms with E-state index in [1.54, 1.807) is 11.3 Å². The molecule has 6 nitrogen and oxygen atoms in total. The summed E-state index contributed by atoms with van der Waals surface area (Å²) in [4.78, 5) is 33.9. The Morgan fingerprint density at radius 1 is 1.04 bits per heavy atom. The Balaban J connectivity index is 1.40. The van der Waals surface area contributed by atoms with Gasteiger partial charge < -0.3 is 14.5 Å². The van der Waals surface area contributed by atoms with Crippen LogP contribution in [0.15, 0.2) is 30.3 Å². The van der Waals surface area contributed by atoms with Gasteiger partial charge in [-0.25, -0.2) is 4.98 Å². The molecule has 1 aliphatic heterocycles. The lowest BCUT2D eigenvalue weighted by Crippen LogP contribution is -2.51. The number of ether oxygens (including phenoxy) is 1. The van der Waals surface area contributed by atoms with Crippen LogP contribution in [0.4, 0.5) is 0 Å². The second-order valence-electron chi connectivity index (χ2n) is 6.59. The molecular formula is C20H25N3O3S. The molecule has 1 aromatic heterocycles. The van der Waals surface area contributed by atoms with Crippen LogP contribution in [0.2, 0.25) is 0 Å². The Kier molecular flexibility index (Phi) is 6.45. The Hall–Kier alpha value is -2.41. The minimum absolute atomic E-state index is 0.0759. The van der Waals surface area contributed by atoms with Gasteiger partial charge in [0.25, 0.3) is 0 Å². The minimum atomic E-state index is 0.0759. The molecule has 0 aliphatic carbocycles. The molecule has 0 spiro atoms. The molecule has 2 aromatic rings. The van der Waals surface area contributed by atoms with Gasteiger partial charge in [-0.15, -0.1) is 11.3 Å². The van der Waals surface area contributed by atoms with Gasteiger partial charge in [-0.3, -0.25) is 9.59 Å². The zero-order valence-corrected chi connectivity index (χ0v) is 16.6. The molecule has 7 heteroatoms. The van der Waals surface area contributed by atoms with Crippen molar-refractivity contribution in [2.45, 2.75) is 26.7 Å². The summed E-state index contributed by atoms with van der Waals surface area (Å²) in [6, 6.07) is 9.49. The number of hydrogen-bond donors (Lipinski definition) is 0. The van der Waals surface area contributed by atoms with E-state index in [2.05, 4.69) is 4.98 Å². The summed E-state index contributed by atoms with van der Waals surface area (Å²) in [6.07, 6.45) is 0.748. The number of hydrogen-bond acceptors (Lipinski definition) is 5. The van der Waals surface area contributed by atoms with E-state index in [0.29, 0.717) is 45.6 Å². The van der Waals surface area contributed by atoms with E-state index in [1.165, 1.54) is 0 Å². The number of nitrogens with zero attached hydrogens (tertiary/aromatic N) is 3. The van der Waals surface area contributed by atoms with Crippen molar-refractivity contribution in [3.63, 3.8) is 0 Å². The lowest BCUT2D eigenvalue weighted by atomic mass is 10.2. The minimum Gasteiger partial charge on any atom is -0.493 e. The maximum Gasteiger partial charge on any atom is 0.228 e. The Morgan fingerprint density at radius 3 is 2.26 bits per heavy atom. The summed E-state index contributed by atoms with van der Waals surface area (Å²) in [5.41, 5.74) is 0.943. The zero-order chi connectivity index (χ0) is 19.2. The number of thiazole rings is 1. The first-order valence-corrected chi connectivity index (χ1v) is 10.0. The standard InChI is InChI=1S/C20H25N3O3S/c1-15-18(27-16(2)21-15)14-20(25)23-11-9-22(10-12-23)19(24)8-13-26-17-6-4-3-5-7-17/h3-7H,8-14H2,1-2H3. The number of para-hydroxylation sites is 1. The van der Waals surface area contributed by atoms with Gasteiger partial charge in [0.1, 0.15) is 5.75 Å². The zero-order valence-electron chi connectivity index (χ0n) is 15.8. The summed E-state index contributed by atoms with van der Waals surface area (Å²) < 4.78 is 5.59. The van der Waals surface area contributed by atoms with Crippen LogP contribution in [-0.4, -0.2) is 59.4 Å². The Labute approximate surface area is 163 Å². The van der Waals surface area contributed by atoms with Gasteiger partial charge in [-0.1, -0.05) is 18.2 Å². The van der Waals surface area contributed by atoms with E-state index in [4.69, 9.17) is 4.74 Å². The lowest BCUT2D eigenvalue weighted by molar-refractivity contribution is -0.139. The van der Waals surface area contributed by atoms with Crippen LogP contribution in [0, 0.1) is 13.8 Å². The third-order valence-electron chi connectivity index (χ3n) is 4.62. The van der Waals surface area contributed by atoms with Crippen molar-refractivity contribution in [1.29, 1.82) is 0 Å². The predicted octanol–water partition coefficient (Wildman–Crippen LogP) is 2.44. The van der Waals surface area contributed by atoms with E-state index in [9.17, 15) is 9.59 Å². The molecule has 0 bridgehead atoms. The van der Waals surface area contributed by atoms with Crippen LogP contribution in [0.3, 0.4) is 0 Å². The molecule has 2 amide bonds. The highest BCUT2D eigenvalue weighted by Gasteiger charge is 2.24. The number of amides is 2. The molecule has 3 rings (SSSR count). The summed E-state index contributed by atoms with van der Waals surface area (Å²) in [5.74, 6) is 0.961. The number of piperazine rings is 1. The molecule has 27 heavy (non-hydrogen) atoms. The second-order valence-corrected chi connectivity index (χ2v) is 7.88. The molecule has 1 aliphatic rings. The molecule has 1 aromatic carbocycles. The van der Waals surface area contributed by atoms with E-state index in [-0.39, 0.29) is 11.8 Å². The first-order chi connectivity index (χ1) is 13.0. The molecule has 0 saturated carbocycles. The van der Waals surface area contributed by atoms with Crippen LogP contribution in [-0.2, 0) is 16.0 Å². The second kappa shape index (κ2) is 8.99. The third-order valence-corrected chi connectivity index (χ3v) is 5.70. The van der Waals surface area contributed by atoms with Crippen LogP contribution >= 0.6 is 11.3 Å². The van der Waals surface area contributed by atoms with E-state index in [1.807, 2.05) is 54.0 Å². The highest BCUT2D eigenvalue weighted by molar-refractivity contribution is 7.11. The van der Waals surface area contributed by atoms with E-state index in [0.717, 1.165) is 21.3 Å². The van der Waals surface area contributed by atoms with Gasteiger partial charge >= 0.3 is 0 Å². The van der Waals surface area contributed by atoms with Gasteiger partial charge in [-0.2, -0.15) is 0 Å². The summed E-state index contributed by atoms with van der Waals surface area (Å²) in [7, 11) is 0. The number of rotatable bonds is 6. The van der Waals surface area contributed by atoms with Gasteiger partial charge in [0.05, 0.1) is 30.2 Å². The van der Waals surface area contributed by atoms with E-state index >= 15 is 0 Å². The lowest BCUT2D eigenvalue weighted by Gasteiger charge is -2.34. The van der Waals surface area contributed by atoms with Crippen molar-refractivity contribution in [3.8, 4) is 5.75 Å². The smallest absolute Gasteiger partial charge is 0.228 e. The van der Waals surface area contributed by atoms with Crippen molar-refractivity contribution in [1.82, 2.24) is 14.8 Å². The fourth-order valence-corrected chi connectivity index (χ4v) is 4.05. The van der Waals surface area contributed by atoms with Crippen molar-refractivity contribution in [3.05, 3.63) is 45.9 Å². The predicted molar refractivity (Wildman–Crippen MR) is 105 cm³/mol. The highest BCUT2D eigenvalue weighted by atomic mass is 32.1. The van der Waals surface area contributed by atoms with Crippen LogP contribution < -0.4 is 4.74 Å². The Bertz CT molecular complexity index is 783. The molecule has 2 heterocycles. The molecule has 0 N–H and O–H groups in total. The van der Waals surface area contributed by atoms with E-state index < -0.39 is 0 Å². The molecule has 0 unspecified atom stereocenters. The SMILES string of the molecule is Cc1nc(C)c(CC(=O)N2CCN(C(=O)CCOc3ccccc3)CC2)s1. The number of benzene rings is 1. The average Bonchev–Trinajstić information content (AvgIpc) is 2.99. The fraction of sp³-hybridized carbons (Fsp3) is 0.450. The molecule has 0 radical (unpaired) electrons. The normalized spacial score (nSPS) is 14.3. The van der Waals surface area contributed by atoms with Gasteiger partial charge in [0.2, 0.25) is 11.8 Å². The summed E-state index contributed by atoms with van der Waals surface area (Å²) in [5, 5.41) is 0.989. The van der Waals surface area contributed by atoms with Gasteiger partial charge in [-0.05, 0) is 26.0 Å². The van der Waals surface area contributed by atoms with Crippen LogP contribution in [0.1, 0.15) is 22.0 Å². The number of carbonyl (C=O) groups excluding carboxylic acids is 2. The molecule has 0 atom stereocenters. The first kappa shape index (κ1) is 19.4.